The molecule has 0 spiro atoms. The summed E-state index contributed by atoms with van der Waals surface area (Å²) in [7, 11) is 2.52. The summed E-state index contributed by atoms with van der Waals surface area (Å²) in [4.78, 5) is 48.3. The molecule has 1 aliphatic heterocycles. The number of non-ortho nitro benzene ring substituents is 1. The SMILES string of the molecule is COC(=O)[C@@H](Cc1cc([N+](=O)[O-])ccc1OC)NC(=O)[C@@H]1C[C@@H](O)CN1C(C)=O. The van der Waals surface area contributed by atoms with E-state index < -0.39 is 35.0 Å². The Balaban J connectivity index is 2.26. The number of aliphatic hydroxyl groups excluding tert-OH is 1. The molecule has 3 atom stereocenters. The smallest absolute Gasteiger partial charge is 0.328 e. The van der Waals surface area contributed by atoms with Crippen LogP contribution in [-0.2, 0) is 25.5 Å². The van der Waals surface area contributed by atoms with Gasteiger partial charge in [-0.05, 0) is 6.07 Å². The molecule has 2 amide bonds. The van der Waals surface area contributed by atoms with Gasteiger partial charge in [0.05, 0.1) is 25.2 Å². The van der Waals surface area contributed by atoms with E-state index in [0.717, 1.165) is 7.11 Å². The molecule has 1 saturated heterocycles. The third kappa shape index (κ3) is 5.19. The summed E-state index contributed by atoms with van der Waals surface area (Å²) in [5.74, 6) is -1.46. The number of carbonyl (C=O) groups is 3. The molecule has 11 nitrogen and oxygen atoms in total. The van der Waals surface area contributed by atoms with Crippen molar-refractivity contribution in [3.63, 3.8) is 0 Å². The van der Waals surface area contributed by atoms with Crippen LogP contribution in [0.2, 0.25) is 0 Å². The van der Waals surface area contributed by atoms with Crippen molar-refractivity contribution >= 4 is 23.5 Å². The number of hydrogen-bond donors (Lipinski definition) is 2. The predicted octanol–water partition coefficient (Wildman–Crippen LogP) is -0.215. The lowest BCUT2D eigenvalue weighted by Crippen LogP contribution is -2.51. The minimum absolute atomic E-state index is 0.0228. The second-order valence-electron chi connectivity index (χ2n) is 6.62. The number of aliphatic hydroxyl groups is 1. The Hall–Kier alpha value is -3.21. The van der Waals surface area contributed by atoms with Gasteiger partial charge in [-0.1, -0.05) is 0 Å². The molecule has 1 aromatic rings. The quantitative estimate of drug-likeness (QED) is 0.357. The van der Waals surface area contributed by atoms with Gasteiger partial charge >= 0.3 is 5.97 Å². The van der Waals surface area contributed by atoms with E-state index in [1.165, 1.54) is 37.1 Å². The molecule has 29 heavy (non-hydrogen) atoms. The number of amides is 2. The van der Waals surface area contributed by atoms with E-state index >= 15 is 0 Å². The highest BCUT2D eigenvalue weighted by Crippen LogP contribution is 2.26. The van der Waals surface area contributed by atoms with Crippen molar-refractivity contribution in [1.82, 2.24) is 10.2 Å². The maximum absolute atomic E-state index is 12.7. The molecule has 0 aliphatic carbocycles. The van der Waals surface area contributed by atoms with Crippen LogP contribution in [0.5, 0.6) is 5.75 Å². The number of methoxy groups -OCH3 is 2. The van der Waals surface area contributed by atoms with Gasteiger partial charge in [0.15, 0.2) is 0 Å². The molecular formula is C18H23N3O8. The zero-order chi connectivity index (χ0) is 21.7. The van der Waals surface area contributed by atoms with Gasteiger partial charge in [0.1, 0.15) is 17.8 Å². The number of hydrogen-bond acceptors (Lipinski definition) is 8. The van der Waals surface area contributed by atoms with E-state index in [1.54, 1.807) is 0 Å². The van der Waals surface area contributed by atoms with Gasteiger partial charge in [0.25, 0.3) is 5.69 Å². The zero-order valence-electron chi connectivity index (χ0n) is 16.3. The summed E-state index contributed by atoms with van der Waals surface area (Å²) in [6.07, 6.45) is -0.930. The Morgan fingerprint density at radius 2 is 2.07 bits per heavy atom. The van der Waals surface area contributed by atoms with Crippen molar-refractivity contribution in [3.8, 4) is 5.75 Å². The topological polar surface area (TPSA) is 148 Å². The Morgan fingerprint density at radius 3 is 2.62 bits per heavy atom. The average Bonchev–Trinajstić information content (AvgIpc) is 3.08. The first kappa shape index (κ1) is 22.1. The Bertz CT molecular complexity index is 812. The molecule has 0 radical (unpaired) electrons. The van der Waals surface area contributed by atoms with Crippen molar-refractivity contribution in [1.29, 1.82) is 0 Å². The molecule has 0 aromatic heterocycles. The molecule has 1 aliphatic rings. The number of esters is 1. The van der Waals surface area contributed by atoms with Crippen LogP contribution in [0.4, 0.5) is 5.69 Å². The molecule has 0 unspecified atom stereocenters. The van der Waals surface area contributed by atoms with Crippen LogP contribution in [0.1, 0.15) is 18.9 Å². The van der Waals surface area contributed by atoms with Gasteiger partial charge in [-0.25, -0.2) is 4.79 Å². The normalized spacial score (nSPS) is 19.4. The van der Waals surface area contributed by atoms with Crippen molar-refractivity contribution in [2.24, 2.45) is 0 Å². The number of nitrogens with one attached hydrogen (secondary N) is 1. The van der Waals surface area contributed by atoms with Gasteiger partial charge < -0.3 is 24.8 Å². The first-order valence-corrected chi connectivity index (χ1v) is 8.82. The number of carbonyl (C=O) groups excluding carboxylic acids is 3. The fourth-order valence-corrected chi connectivity index (χ4v) is 3.27. The molecule has 11 heteroatoms. The Labute approximate surface area is 166 Å². The van der Waals surface area contributed by atoms with Crippen LogP contribution < -0.4 is 10.1 Å². The van der Waals surface area contributed by atoms with Crippen LogP contribution in [0, 0.1) is 10.1 Å². The lowest BCUT2D eigenvalue weighted by molar-refractivity contribution is -0.384. The van der Waals surface area contributed by atoms with Crippen LogP contribution in [-0.4, -0.2) is 71.7 Å². The number of rotatable bonds is 7. The van der Waals surface area contributed by atoms with Gasteiger partial charge in [0.2, 0.25) is 11.8 Å². The van der Waals surface area contributed by atoms with E-state index in [2.05, 4.69) is 5.32 Å². The highest BCUT2D eigenvalue weighted by molar-refractivity contribution is 5.91. The maximum Gasteiger partial charge on any atom is 0.328 e. The number of β-amino-alcohol motifs (C(OH)–C–C–N with tert-alkyl or cyclic N) is 1. The van der Waals surface area contributed by atoms with E-state index in [0.29, 0.717) is 11.3 Å². The van der Waals surface area contributed by atoms with Crippen molar-refractivity contribution in [3.05, 3.63) is 33.9 Å². The number of ether oxygens (including phenoxy) is 2. The van der Waals surface area contributed by atoms with Gasteiger partial charge in [0, 0.05) is 44.0 Å². The molecule has 1 heterocycles. The number of nitrogens with zero attached hydrogens (tertiary/aromatic N) is 2. The summed E-state index contributed by atoms with van der Waals surface area (Å²) in [6.45, 7) is 1.30. The summed E-state index contributed by atoms with van der Waals surface area (Å²) in [5.41, 5.74) is 0.129. The monoisotopic (exact) mass is 409 g/mol. The van der Waals surface area contributed by atoms with Crippen LogP contribution in [0.15, 0.2) is 18.2 Å². The van der Waals surface area contributed by atoms with E-state index in [1.807, 2.05) is 0 Å². The molecule has 1 aromatic carbocycles. The number of nitro benzene ring substituents is 1. The Morgan fingerprint density at radius 1 is 1.38 bits per heavy atom. The molecule has 0 saturated carbocycles. The second-order valence-corrected chi connectivity index (χ2v) is 6.62. The van der Waals surface area contributed by atoms with Gasteiger partial charge in [-0.15, -0.1) is 0 Å². The first-order chi connectivity index (χ1) is 13.7. The van der Waals surface area contributed by atoms with Crippen molar-refractivity contribution in [2.45, 2.75) is 38.0 Å². The molecule has 2 N–H and O–H groups in total. The summed E-state index contributed by atoms with van der Waals surface area (Å²) in [5, 5.41) is 23.4. The molecule has 158 valence electrons. The third-order valence-electron chi connectivity index (χ3n) is 4.69. The van der Waals surface area contributed by atoms with Gasteiger partial charge in [-0.3, -0.25) is 19.7 Å². The lowest BCUT2D eigenvalue weighted by Gasteiger charge is -2.25. The van der Waals surface area contributed by atoms with Crippen LogP contribution in [0.3, 0.4) is 0 Å². The van der Waals surface area contributed by atoms with Gasteiger partial charge in [-0.2, -0.15) is 0 Å². The third-order valence-corrected chi connectivity index (χ3v) is 4.69. The zero-order valence-corrected chi connectivity index (χ0v) is 16.3. The minimum Gasteiger partial charge on any atom is -0.496 e. The fourth-order valence-electron chi connectivity index (χ4n) is 3.27. The standard InChI is InChI=1S/C18H23N3O8/c1-10(22)20-9-13(23)8-15(20)17(24)19-14(18(25)29-3)7-11-6-12(21(26)27)4-5-16(11)28-2/h4-6,13-15,23H,7-9H2,1-3H3,(H,19,24)/t13-,14-,15+/m1/s1. The highest BCUT2D eigenvalue weighted by atomic mass is 16.6. The molecule has 2 rings (SSSR count). The van der Waals surface area contributed by atoms with E-state index in [4.69, 9.17) is 9.47 Å². The molecular weight excluding hydrogens is 386 g/mol. The molecule has 0 bridgehead atoms. The van der Waals surface area contributed by atoms with Crippen molar-refractivity contribution in [2.75, 3.05) is 20.8 Å². The minimum atomic E-state index is -1.17. The second kappa shape index (κ2) is 9.32. The summed E-state index contributed by atoms with van der Waals surface area (Å²) < 4.78 is 9.92. The summed E-state index contributed by atoms with van der Waals surface area (Å²) >= 11 is 0. The van der Waals surface area contributed by atoms with Crippen LogP contribution >= 0.6 is 0 Å². The van der Waals surface area contributed by atoms with E-state index in [9.17, 15) is 29.6 Å². The number of nitro groups is 1. The highest BCUT2D eigenvalue weighted by Gasteiger charge is 2.39. The Kier molecular flexibility index (Phi) is 7.10. The largest absolute Gasteiger partial charge is 0.496 e. The molecule has 1 fully saturated rings. The first-order valence-electron chi connectivity index (χ1n) is 8.82. The summed E-state index contributed by atoms with van der Waals surface area (Å²) in [6, 6.07) is 1.81. The fraction of sp³-hybridized carbons (Fsp3) is 0.500. The predicted molar refractivity (Wildman–Crippen MR) is 99.1 cm³/mol. The number of likely N-dealkylation sites (tertiary alicyclic amines) is 1. The maximum atomic E-state index is 12.7. The number of benzene rings is 1. The van der Waals surface area contributed by atoms with Crippen LogP contribution in [0.25, 0.3) is 0 Å². The average molecular weight is 409 g/mol. The van der Waals surface area contributed by atoms with E-state index in [-0.39, 0.29) is 31.0 Å². The lowest BCUT2D eigenvalue weighted by atomic mass is 10.0. The van der Waals surface area contributed by atoms with Crippen molar-refractivity contribution < 1.29 is 33.9 Å².